The van der Waals surface area contributed by atoms with Crippen LogP contribution in [-0.2, 0) is 9.53 Å². The van der Waals surface area contributed by atoms with Crippen molar-refractivity contribution < 1.29 is 14.3 Å². The van der Waals surface area contributed by atoms with E-state index < -0.39 is 5.97 Å². The third kappa shape index (κ3) is 4.21. The standard InChI is InChI=1S/C17H11ClO3S3/c18-16-6-5-15(24-16)13(19)10-21-17(20)12(14-4-2-8-23-14)9-11-3-1-7-22-11/h1-9H,10H2/b12-9+. The molecule has 0 spiro atoms. The minimum Gasteiger partial charge on any atom is -0.454 e. The van der Waals surface area contributed by atoms with Gasteiger partial charge < -0.3 is 4.74 Å². The van der Waals surface area contributed by atoms with Gasteiger partial charge in [0.25, 0.3) is 0 Å². The highest BCUT2D eigenvalue weighted by Crippen LogP contribution is 2.26. The fourth-order valence-electron chi connectivity index (χ4n) is 1.92. The Balaban J connectivity index is 1.74. The molecule has 0 radical (unpaired) electrons. The molecular formula is C17H11ClO3S3. The Kier molecular flexibility index (Phi) is 5.63. The first kappa shape index (κ1) is 17.1. The predicted octanol–water partition coefficient (Wildman–Crippen LogP) is 5.49. The largest absolute Gasteiger partial charge is 0.454 e. The van der Waals surface area contributed by atoms with Crippen LogP contribution >= 0.6 is 45.6 Å². The van der Waals surface area contributed by atoms with Crippen LogP contribution in [0.25, 0.3) is 11.6 Å². The molecule has 3 aromatic heterocycles. The number of rotatable bonds is 6. The first-order chi connectivity index (χ1) is 11.6. The number of Topliss-reactive ketones (excluding diaryl/α,β-unsaturated/α-hetero) is 1. The molecule has 0 atom stereocenters. The normalized spacial score (nSPS) is 11.5. The van der Waals surface area contributed by atoms with Crippen LogP contribution in [0.2, 0.25) is 4.34 Å². The van der Waals surface area contributed by atoms with Crippen LogP contribution in [0, 0.1) is 0 Å². The van der Waals surface area contributed by atoms with Crippen molar-refractivity contribution in [3.8, 4) is 0 Å². The lowest BCUT2D eigenvalue weighted by atomic mass is 10.2. The van der Waals surface area contributed by atoms with E-state index in [0.29, 0.717) is 14.8 Å². The minimum absolute atomic E-state index is 0.262. The van der Waals surface area contributed by atoms with Gasteiger partial charge in [-0.1, -0.05) is 23.7 Å². The van der Waals surface area contributed by atoms with Gasteiger partial charge in [-0.15, -0.1) is 34.0 Å². The van der Waals surface area contributed by atoms with Crippen LogP contribution in [0.4, 0.5) is 0 Å². The molecule has 0 unspecified atom stereocenters. The van der Waals surface area contributed by atoms with Crippen LogP contribution in [0.1, 0.15) is 19.4 Å². The van der Waals surface area contributed by atoms with Gasteiger partial charge in [0.05, 0.1) is 14.8 Å². The van der Waals surface area contributed by atoms with Gasteiger partial charge in [-0.3, -0.25) is 4.79 Å². The van der Waals surface area contributed by atoms with Gasteiger partial charge in [0.15, 0.2) is 6.61 Å². The zero-order chi connectivity index (χ0) is 16.9. The highest BCUT2D eigenvalue weighted by molar-refractivity contribution is 7.18. The van der Waals surface area contributed by atoms with E-state index in [1.807, 2.05) is 35.0 Å². The summed E-state index contributed by atoms with van der Waals surface area (Å²) in [5, 5.41) is 3.83. The quantitative estimate of drug-likeness (QED) is 0.315. The number of hydrogen-bond acceptors (Lipinski definition) is 6. The lowest BCUT2D eigenvalue weighted by molar-refractivity contribution is -0.135. The predicted molar refractivity (Wildman–Crippen MR) is 101 cm³/mol. The maximum absolute atomic E-state index is 12.5. The molecule has 0 amide bonds. The van der Waals surface area contributed by atoms with E-state index in [4.69, 9.17) is 16.3 Å². The van der Waals surface area contributed by atoms with E-state index in [9.17, 15) is 9.59 Å². The van der Waals surface area contributed by atoms with Crippen LogP contribution < -0.4 is 0 Å². The molecule has 3 aromatic rings. The molecule has 0 saturated heterocycles. The Morgan fingerprint density at radius 3 is 2.46 bits per heavy atom. The second-order valence-corrected chi connectivity index (χ2v) is 8.30. The number of esters is 1. The van der Waals surface area contributed by atoms with Gasteiger partial charge in [0.2, 0.25) is 5.78 Å². The summed E-state index contributed by atoms with van der Waals surface area (Å²) in [6, 6.07) is 10.8. The van der Waals surface area contributed by atoms with Crippen molar-refractivity contribution in [1.82, 2.24) is 0 Å². The van der Waals surface area contributed by atoms with E-state index in [1.165, 1.54) is 34.0 Å². The highest BCUT2D eigenvalue weighted by atomic mass is 35.5. The van der Waals surface area contributed by atoms with Crippen LogP contribution in [0.3, 0.4) is 0 Å². The average Bonchev–Trinajstić information content (AvgIpc) is 3.31. The number of thiophene rings is 3. The molecule has 24 heavy (non-hydrogen) atoms. The summed E-state index contributed by atoms with van der Waals surface area (Å²) in [5.74, 6) is -0.774. The first-order valence-corrected chi connectivity index (χ1v) is 9.83. The summed E-state index contributed by atoms with van der Waals surface area (Å²) in [7, 11) is 0. The summed E-state index contributed by atoms with van der Waals surface area (Å²) >= 11 is 9.97. The number of ketones is 1. The van der Waals surface area contributed by atoms with Crippen LogP contribution in [0.15, 0.2) is 47.2 Å². The summed E-state index contributed by atoms with van der Waals surface area (Å²) in [4.78, 5) is 26.7. The molecule has 0 N–H and O–H groups in total. The zero-order valence-corrected chi connectivity index (χ0v) is 15.4. The SMILES string of the molecule is O=C(OCC(=O)c1ccc(Cl)s1)/C(=C/c1cccs1)c1cccs1. The number of carbonyl (C=O) groups is 2. The van der Waals surface area contributed by atoms with Gasteiger partial charge in [-0.25, -0.2) is 4.79 Å². The number of carbonyl (C=O) groups excluding carboxylic acids is 2. The highest BCUT2D eigenvalue weighted by Gasteiger charge is 2.18. The number of halogens is 1. The van der Waals surface area contributed by atoms with Gasteiger partial charge in [0.1, 0.15) is 0 Å². The smallest absolute Gasteiger partial charge is 0.340 e. The Morgan fingerprint density at radius 1 is 1.04 bits per heavy atom. The minimum atomic E-state index is -0.512. The molecule has 0 aliphatic rings. The second kappa shape index (κ2) is 7.90. The van der Waals surface area contributed by atoms with Gasteiger partial charge in [-0.2, -0.15) is 0 Å². The Hall–Kier alpha value is -1.73. The van der Waals surface area contributed by atoms with E-state index in [1.54, 1.807) is 18.2 Å². The summed E-state index contributed by atoms with van der Waals surface area (Å²) in [6.07, 6.45) is 1.78. The third-order valence-electron chi connectivity index (χ3n) is 3.02. The molecule has 0 bridgehead atoms. The molecule has 0 saturated carbocycles. The maximum atomic E-state index is 12.5. The monoisotopic (exact) mass is 394 g/mol. The van der Waals surface area contributed by atoms with E-state index in [2.05, 4.69) is 0 Å². The summed E-state index contributed by atoms with van der Waals surface area (Å²) < 4.78 is 5.75. The van der Waals surface area contributed by atoms with Gasteiger partial charge >= 0.3 is 5.97 Å². The van der Waals surface area contributed by atoms with Crippen molar-refractivity contribution >= 4 is 69.0 Å². The van der Waals surface area contributed by atoms with Gasteiger partial charge in [-0.05, 0) is 41.1 Å². The van der Waals surface area contributed by atoms with E-state index >= 15 is 0 Å². The molecule has 0 aromatic carbocycles. The second-order valence-electron chi connectivity index (χ2n) is 4.65. The molecule has 3 rings (SSSR count). The van der Waals surface area contributed by atoms with Crippen molar-refractivity contribution in [3.05, 3.63) is 66.1 Å². The molecule has 0 aliphatic heterocycles. The lowest BCUT2D eigenvalue weighted by Gasteiger charge is -2.06. The maximum Gasteiger partial charge on any atom is 0.340 e. The fourth-order valence-corrected chi connectivity index (χ4v) is 4.28. The zero-order valence-electron chi connectivity index (χ0n) is 12.2. The molecule has 122 valence electrons. The molecule has 3 heterocycles. The van der Waals surface area contributed by atoms with Crippen LogP contribution in [0.5, 0.6) is 0 Å². The number of ether oxygens (including phenoxy) is 1. The fraction of sp³-hybridized carbons (Fsp3) is 0.0588. The number of hydrogen-bond donors (Lipinski definition) is 0. The van der Waals surface area contributed by atoms with Crippen molar-refractivity contribution in [2.75, 3.05) is 6.61 Å². The van der Waals surface area contributed by atoms with E-state index in [0.717, 1.165) is 9.75 Å². The molecule has 3 nitrogen and oxygen atoms in total. The van der Waals surface area contributed by atoms with Crippen molar-refractivity contribution in [2.24, 2.45) is 0 Å². The van der Waals surface area contributed by atoms with Gasteiger partial charge in [0, 0.05) is 9.75 Å². The van der Waals surface area contributed by atoms with Crippen molar-refractivity contribution in [2.45, 2.75) is 0 Å². The topological polar surface area (TPSA) is 43.4 Å². The summed E-state index contributed by atoms with van der Waals surface area (Å²) in [6.45, 7) is -0.303. The third-order valence-corrected chi connectivity index (χ3v) is 6.01. The molecule has 0 aliphatic carbocycles. The van der Waals surface area contributed by atoms with E-state index in [-0.39, 0.29) is 12.4 Å². The average molecular weight is 395 g/mol. The van der Waals surface area contributed by atoms with Crippen molar-refractivity contribution in [3.63, 3.8) is 0 Å². The molecule has 7 heteroatoms. The Morgan fingerprint density at radius 2 is 1.83 bits per heavy atom. The lowest BCUT2D eigenvalue weighted by Crippen LogP contribution is -2.14. The summed E-state index contributed by atoms with van der Waals surface area (Å²) in [5.41, 5.74) is 0.449. The molecule has 0 fully saturated rings. The first-order valence-electron chi connectivity index (χ1n) is 6.88. The van der Waals surface area contributed by atoms with Crippen molar-refractivity contribution in [1.29, 1.82) is 0 Å². The Bertz CT molecular complexity index is 861. The molecular weight excluding hydrogens is 384 g/mol. The Labute approximate surface area is 155 Å². The van der Waals surface area contributed by atoms with Crippen LogP contribution in [-0.4, -0.2) is 18.4 Å².